The molecule has 1 saturated carbocycles. The number of amides is 7. The average Bonchev–Trinajstić information content (AvgIpc) is 2.19. The zero-order chi connectivity index (χ0) is 62.3. The van der Waals surface area contributed by atoms with Gasteiger partial charge in [-0.15, -0.1) is 22.7 Å². The van der Waals surface area contributed by atoms with Gasteiger partial charge in [0.2, 0.25) is 35.4 Å². The summed E-state index contributed by atoms with van der Waals surface area (Å²) in [5.74, 6) is -2.31. The van der Waals surface area contributed by atoms with Gasteiger partial charge in [0.25, 0.3) is 5.91 Å². The molecule has 0 radical (unpaired) electrons. The Bertz CT molecular complexity index is 3040. The van der Waals surface area contributed by atoms with E-state index in [2.05, 4.69) is 31.6 Å². The van der Waals surface area contributed by atoms with Gasteiger partial charge in [0.1, 0.15) is 18.3 Å². The number of β-amino-alcohol motifs (C(OH)–C–C–N with tert-alkyl or cyclic N) is 1. The molecule has 474 valence electrons. The van der Waals surface area contributed by atoms with Crippen LogP contribution in [0, 0.1) is 31.1 Å². The summed E-state index contributed by atoms with van der Waals surface area (Å²) in [5, 5.41) is 27.7. The van der Waals surface area contributed by atoms with E-state index in [0.29, 0.717) is 103 Å². The van der Waals surface area contributed by atoms with E-state index in [1.807, 2.05) is 118 Å². The van der Waals surface area contributed by atoms with Crippen LogP contribution in [0.25, 0.3) is 20.7 Å². The molecule has 2 aromatic carbocycles. The Morgan fingerprint density at radius 2 is 1.45 bits per heavy atom. The molecule has 5 aromatic rings. The number of aliphatic hydroxyl groups excluding tert-OH is 1. The molecule has 7 amide bonds. The molecule has 6 N–H and O–H groups in total. The minimum Gasteiger partial charge on any atom is -0.390 e. The second-order valence-electron chi connectivity index (χ2n) is 23.4. The third-order valence-corrected chi connectivity index (χ3v) is 17.6. The first-order chi connectivity index (χ1) is 41.9. The van der Waals surface area contributed by atoms with Crippen LogP contribution in [0.15, 0.2) is 71.6 Å². The summed E-state index contributed by atoms with van der Waals surface area (Å²) in [6.45, 7) is 15.7. The van der Waals surface area contributed by atoms with Crippen LogP contribution >= 0.6 is 22.7 Å². The summed E-state index contributed by atoms with van der Waals surface area (Å²) in [6, 6.07) is 18.6. The standard InChI is InChI=1S/C64H89N9O12S2/c1-7-72(49-13-11-12-43(2)36-49)57(77)41-73-51-24-35-86-54(51)37-52(73)62(80)69-48-21-19-47(20-22-48)60(78)66-25-10-8-9-14-55(75)65-26-28-83-30-32-85-34-33-84-31-29-82-27-23-56(76)70-59(64(4,5)6)63(81)71-39-50(53(74)40-71)61(79)67-38-45-15-17-46(18-16-45)58-44(3)68-42-87-58/h11-13,15-18,24,35-37,42,47-48,50,53,59,74H,7-10,14,19-23,25-34,38-41H2,1-6H3,(H,65,75)(H,66,78)(H,67,79)(H,69,80)(H,70,76)/t47-,48-,50-,53-,59+/m1/s1. The molecule has 0 spiro atoms. The lowest BCUT2D eigenvalue weighted by atomic mass is 9.85. The van der Waals surface area contributed by atoms with E-state index >= 15 is 0 Å². The minimum atomic E-state index is -1.04. The van der Waals surface area contributed by atoms with Gasteiger partial charge in [-0.3, -0.25) is 33.6 Å². The molecule has 1 saturated heterocycles. The molecular formula is C64H89N9O12S2. The number of hydrogen-bond donors (Lipinski definition) is 6. The predicted octanol–water partition coefficient (Wildman–Crippen LogP) is 6.70. The van der Waals surface area contributed by atoms with Gasteiger partial charge in [-0.05, 0) is 111 Å². The molecule has 3 atom stereocenters. The summed E-state index contributed by atoms with van der Waals surface area (Å²) in [4.78, 5) is 101. The predicted molar refractivity (Wildman–Crippen MR) is 336 cm³/mol. The molecule has 0 unspecified atom stereocenters. The van der Waals surface area contributed by atoms with Crippen LogP contribution in [-0.4, -0.2) is 165 Å². The normalized spacial score (nSPS) is 17.2. The van der Waals surface area contributed by atoms with Crippen LogP contribution in [0.1, 0.15) is 113 Å². The highest BCUT2D eigenvalue weighted by molar-refractivity contribution is 7.17. The van der Waals surface area contributed by atoms with Gasteiger partial charge >= 0.3 is 0 Å². The Morgan fingerprint density at radius 3 is 2.11 bits per heavy atom. The summed E-state index contributed by atoms with van der Waals surface area (Å²) < 4.78 is 25.1. The summed E-state index contributed by atoms with van der Waals surface area (Å²) in [7, 11) is 0. The fourth-order valence-corrected chi connectivity index (χ4v) is 12.4. The first-order valence-corrected chi connectivity index (χ1v) is 32.3. The SMILES string of the molecule is CCN(C(=O)Cn1c(C(=O)N[C@H]2CC[C@H](C(=O)NCCCCCC(=O)NCCOCCOCCOCCOCCC(=O)N[C@@H](C(=O)N3C[C@@H](O)[C@H](C(=O)NCc4ccc(-c5scnc5C)cc4)C3)C(C)(C)C)CC2)cc2sccc21)c1cccc(C)c1. The monoisotopic (exact) mass is 1240 g/mol. The van der Waals surface area contributed by atoms with Crippen molar-refractivity contribution in [1.82, 2.24) is 41.0 Å². The van der Waals surface area contributed by atoms with Gasteiger partial charge in [0, 0.05) is 69.8 Å². The highest BCUT2D eigenvalue weighted by atomic mass is 32.1. The molecule has 1 aliphatic carbocycles. The van der Waals surface area contributed by atoms with Crippen molar-refractivity contribution in [3.8, 4) is 10.4 Å². The molecule has 3 aromatic heterocycles. The highest BCUT2D eigenvalue weighted by Gasteiger charge is 2.43. The van der Waals surface area contributed by atoms with Crippen molar-refractivity contribution in [1.29, 1.82) is 0 Å². The molecule has 4 heterocycles. The summed E-state index contributed by atoms with van der Waals surface area (Å²) in [6.07, 6.45) is 4.39. The maximum absolute atomic E-state index is 13.7. The second-order valence-corrected chi connectivity index (χ2v) is 25.2. The molecule has 21 nitrogen and oxygen atoms in total. The van der Waals surface area contributed by atoms with Crippen molar-refractivity contribution in [3.63, 3.8) is 0 Å². The van der Waals surface area contributed by atoms with Gasteiger partial charge in [-0.25, -0.2) is 4.98 Å². The Morgan fingerprint density at radius 1 is 0.747 bits per heavy atom. The number of ether oxygens (including phenoxy) is 4. The van der Waals surface area contributed by atoms with Gasteiger partial charge in [-0.2, -0.15) is 0 Å². The third-order valence-electron chi connectivity index (χ3n) is 15.7. The Hall–Kier alpha value is -6.60. The van der Waals surface area contributed by atoms with Gasteiger partial charge in [0.15, 0.2) is 0 Å². The van der Waals surface area contributed by atoms with E-state index < -0.39 is 23.5 Å². The van der Waals surface area contributed by atoms with Crippen LogP contribution in [0.5, 0.6) is 0 Å². The quantitative estimate of drug-likeness (QED) is 0.0235. The van der Waals surface area contributed by atoms with E-state index in [1.54, 1.807) is 16.2 Å². The van der Waals surface area contributed by atoms with E-state index in [0.717, 1.165) is 56.0 Å². The number of carbonyl (C=O) groups excluding carboxylic acids is 7. The second kappa shape index (κ2) is 34.2. The number of unbranched alkanes of at least 4 members (excludes halogenated alkanes) is 2. The number of hydrogen-bond acceptors (Lipinski definition) is 15. The molecular weight excluding hydrogens is 1150 g/mol. The molecule has 23 heteroatoms. The Kier molecular flexibility index (Phi) is 26.7. The maximum Gasteiger partial charge on any atom is 0.268 e. The van der Waals surface area contributed by atoms with Crippen molar-refractivity contribution in [3.05, 3.63) is 94.1 Å². The number of thiazole rings is 1. The maximum atomic E-state index is 13.7. The topological polar surface area (TPSA) is 261 Å². The number of nitrogens with zero attached hydrogens (tertiary/aromatic N) is 4. The number of thiophene rings is 1. The van der Waals surface area contributed by atoms with Gasteiger partial charge in [-0.1, -0.05) is 63.6 Å². The first-order valence-electron chi connectivity index (χ1n) is 30.5. The van der Waals surface area contributed by atoms with Crippen molar-refractivity contribution in [2.75, 3.05) is 90.5 Å². The molecule has 1 aliphatic heterocycles. The summed E-state index contributed by atoms with van der Waals surface area (Å²) >= 11 is 3.11. The van der Waals surface area contributed by atoms with Crippen LogP contribution < -0.4 is 31.5 Å². The van der Waals surface area contributed by atoms with Crippen LogP contribution in [0.3, 0.4) is 0 Å². The number of likely N-dealkylation sites (N-methyl/N-ethyl adjacent to an activating group) is 1. The lowest BCUT2D eigenvalue weighted by Crippen LogP contribution is -2.54. The molecule has 87 heavy (non-hydrogen) atoms. The van der Waals surface area contributed by atoms with Crippen LogP contribution in [0.2, 0.25) is 0 Å². The number of carbonyl (C=O) groups is 7. The number of aryl methyl sites for hydroxylation is 2. The highest BCUT2D eigenvalue weighted by Crippen LogP contribution is 2.31. The number of anilines is 1. The first kappa shape index (κ1) is 67.9. The number of fused-ring (bicyclic) bond motifs is 1. The third kappa shape index (κ3) is 20.8. The molecule has 2 aliphatic rings. The van der Waals surface area contributed by atoms with E-state index in [4.69, 9.17) is 18.9 Å². The number of nitrogens with one attached hydrogen (secondary N) is 5. The molecule has 7 rings (SSSR count). The lowest BCUT2D eigenvalue weighted by molar-refractivity contribution is -0.139. The molecule has 2 fully saturated rings. The zero-order valence-electron chi connectivity index (χ0n) is 51.3. The van der Waals surface area contributed by atoms with Crippen molar-refractivity contribution in [2.45, 2.75) is 131 Å². The molecule has 0 bridgehead atoms. The minimum absolute atomic E-state index is 0.0151. The van der Waals surface area contributed by atoms with Gasteiger partial charge < -0.3 is 65.0 Å². The van der Waals surface area contributed by atoms with Crippen LogP contribution in [-0.2, 0) is 60.8 Å². The van der Waals surface area contributed by atoms with Crippen LogP contribution in [0.4, 0.5) is 5.69 Å². The van der Waals surface area contributed by atoms with Gasteiger partial charge in [0.05, 0.1) is 91.2 Å². The van der Waals surface area contributed by atoms with Crippen molar-refractivity contribution < 1.29 is 57.6 Å². The summed E-state index contributed by atoms with van der Waals surface area (Å²) in [5.41, 5.74) is 7.30. The largest absolute Gasteiger partial charge is 0.390 e. The fourth-order valence-electron chi connectivity index (χ4n) is 10.8. The van der Waals surface area contributed by atoms with E-state index in [-0.39, 0.29) is 99.1 Å². The number of rotatable bonds is 34. The van der Waals surface area contributed by atoms with Crippen molar-refractivity contribution in [2.24, 2.45) is 17.3 Å². The van der Waals surface area contributed by atoms with E-state index in [1.165, 1.54) is 16.2 Å². The number of benzene rings is 2. The number of likely N-dealkylation sites (tertiary alicyclic amines) is 1. The Labute approximate surface area is 519 Å². The number of aromatic nitrogens is 2. The Balaban J connectivity index is 0.640. The smallest absolute Gasteiger partial charge is 0.268 e. The van der Waals surface area contributed by atoms with Crippen molar-refractivity contribution >= 4 is 79.9 Å². The average molecular weight is 1240 g/mol. The zero-order valence-corrected chi connectivity index (χ0v) is 53.0. The lowest BCUT2D eigenvalue weighted by Gasteiger charge is -2.33. The van der Waals surface area contributed by atoms with E-state index in [9.17, 15) is 38.7 Å². The number of aliphatic hydroxyl groups is 1. The fraction of sp³-hybridized carbons (Fsp3) is 0.562.